The standard InChI is InChI=1S/3C14H12O.3C10H8.3C6H6.3C3H8.3C2H6.6CH4O/c3*1-14(2)11-8-4-6-9-5-3-7-10(12(9)11)13(14)15;3*1-2-6-10-8-4-3-7-9(10)5-1;3*1-2-4-6-5-3-1;3*1-3-2;9*1-2/h3*3-8H,1-2H3;3*1-8H;3*1-6H;3*3H2,1-2H3;3*1-2H3;6*2H,1H3. The zero-order valence-corrected chi connectivity index (χ0v) is 76.7. The van der Waals surface area contributed by atoms with Crippen LogP contribution in [-0.2, 0) is 16.2 Å². The maximum absolute atomic E-state index is 12.2. The Bertz CT molecular complexity index is 4240. The van der Waals surface area contributed by atoms with Gasteiger partial charge in [-0.15, -0.1) is 0 Å². The maximum Gasteiger partial charge on any atom is 0.173 e. The van der Waals surface area contributed by atoms with E-state index >= 15 is 0 Å². The fourth-order valence-electron chi connectivity index (χ4n) is 12.1. The SMILES string of the molecule is CC.CC.CC.CC1(C)C(=O)c2cccc3cccc1c23.CC1(C)C(=O)c2cccc3cccc1c23.CC1(C)C(=O)c2cccc3cccc1c23.CCC.CCC.CCC.CO.CO.CO.CO.CO.CO.c1ccc2ccccc2c1.c1ccc2ccccc2c1.c1ccc2ccccc2c1.c1ccccc1.c1ccccc1.c1ccccc1. The van der Waals surface area contributed by atoms with Gasteiger partial charge in [-0.25, -0.2) is 0 Å². The molecule has 0 aliphatic heterocycles. The average Bonchev–Trinajstić information content (AvgIpc) is 1.60. The number of hydrogen-bond acceptors (Lipinski definition) is 9. The summed E-state index contributed by atoms with van der Waals surface area (Å²) in [5.41, 5.74) is 5.08. The first kappa shape index (κ1) is 113. The Kier molecular flexibility index (Phi) is 65.4. The molecule has 0 amide bonds. The highest BCUT2D eigenvalue weighted by Crippen LogP contribution is 2.44. The van der Waals surface area contributed by atoms with Gasteiger partial charge in [0.05, 0.1) is 16.2 Å². The van der Waals surface area contributed by atoms with Crippen molar-refractivity contribution in [3.63, 3.8) is 0 Å². The van der Waals surface area contributed by atoms with Crippen LogP contribution in [0.25, 0.3) is 64.6 Å². The number of hydrogen-bond donors (Lipinski definition) is 6. The first-order valence-electron chi connectivity index (χ1n) is 41.7. The van der Waals surface area contributed by atoms with E-state index in [1.807, 2.05) is 247 Å². The lowest BCUT2D eigenvalue weighted by Crippen LogP contribution is -2.23. The van der Waals surface area contributed by atoms with E-state index in [9.17, 15) is 14.4 Å². The second-order valence-corrected chi connectivity index (χ2v) is 26.6. The third kappa shape index (κ3) is 36.5. The first-order valence-corrected chi connectivity index (χ1v) is 41.7. The summed E-state index contributed by atoms with van der Waals surface area (Å²) in [7, 11) is 6.00. The van der Waals surface area contributed by atoms with Crippen LogP contribution in [0.4, 0.5) is 0 Å². The molecule has 120 heavy (non-hydrogen) atoms. The highest BCUT2D eigenvalue weighted by Gasteiger charge is 2.41. The normalized spacial score (nSPS) is 11.1. The summed E-state index contributed by atoms with van der Waals surface area (Å²) in [5.74, 6) is 0.734. The Hall–Kier alpha value is -11.4. The van der Waals surface area contributed by atoms with Crippen molar-refractivity contribution in [2.24, 2.45) is 0 Å². The van der Waals surface area contributed by atoms with Crippen LogP contribution in [0.2, 0.25) is 0 Å². The molecule has 0 unspecified atom stereocenters. The Morgan fingerprint density at radius 1 is 0.175 bits per heavy atom. The van der Waals surface area contributed by atoms with Crippen molar-refractivity contribution in [1.82, 2.24) is 0 Å². The van der Waals surface area contributed by atoms with E-state index in [4.69, 9.17) is 30.6 Å². The van der Waals surface area contributed by atoms with Crippen LogP contribution in [0.5, 0.6) is 0 Å². The lowest BCUT2D eigenvalue weighted by Gasteiger charge is -2.16. The molecule has 3 aliphatic rings. The molecular weight excluding hydrogens is 1480 g/mol. The monoisotopic (exact) mass is 1620 g/mol. The number of aliphatic hydroxyl groups excluding tert-OH is 6. The minimum Gasteiger partial charge on any atom is -0.400 e. The largest absolute Gasteiger partial charge is 0.400 e. The summed E-state index contributed by atoms with van der Waals surface area (Å²) in [6.45, 7) is 36.8. The fourth-order valence-corrected chi connectivity index (χ4v) is 12.1. The summed E-state index contributed by atoms with van der Waals surface area (Å²) in [6, 6.07) is 123. The Labute approximate surface area is 722 Å². The van der Waals surface area contributed by atoms with Crippen LogP contribution in [0.3, 0.4) is 0 Å². The number of benzene rings is 15. The van der Waals surface area contributed by atoms with E-state index in [0.717, 1.165) is 75.5 Å². The zero-order chi connectivity index (χ0) is 91.2. The van der Waals surface area contributed by atoms with Crippen LogP contribution in [0, 0.1) is 0 Å². The summed E-state index contributed by atoms with van der Waals surface area (Å²) in [6.07, 6.45) is 3.75. The van der Waals surface area contributed by atoms with Crippen molar-refractivity contribution in [1.29, 1.82) is 0 Å². The van der Waals surface area contributed by atoms with Crippen molar-refractivity contribution in [3.8, 4) is 0 Å². The molecule has 9 heteroatoms. The lowest BCUT2D eigenvalue weighted by atomic mass is 9.84. The van der Waals surface area contributed by atoms with Gasteiger partial charge in [0.1, 0.15) is 0 Å². The summed E-state index contributed by atoms with van der Waals surface area (Å²) in [4.78, 5) is 36.6. The molecule has 0 heterocycles. The van der Waals surface area contributed by atoms with Gasteiger partial charge in [-0.05, 0) is 123 Å². The van der Waals surface area contributed by atoms with Crippen molar-refractivity contribution in [3.05, 3.63) is 397 Å². The number of Topliss-reactive ketones (excluding diaryl/α,β-unsaturated/α-hetero) is 3. The molecule has 0 aromatic heterocycles. The number of ketones is 3. The number of aliphatic hydroxyl groups is 6. The highest BCUT2D eigenvalue weighted by atomic mass is 16.2. The van der Waals surface area contributed by atoms with E-state index in [-0.39, 0.29) is 33.6 Å². The smallest absolute Gasteiger partial charge is 0.173 e. The van der Waals surface area contributed by atoms with E-state index in [1.165, 1.54) is 84.4 Å². The summed E-state index contributed by atoms with van der Waals surface area (Å²) >= 11 is 0. The van der Waals surface area contributed by atoms with Gasteiger partial charge < -0.3 is 30.6 Å². The van der Waals surface area contributed by atoms with Crippen molar-refractivity contribution < 1.29 is 45.0 Å². The Morgan fingerprint density at radius 2 is 0.283 bits per heavy atom. The van der Waals surface area contributed by atoms with Gasteiger partial charge in [0, 0.05) is 59.3 Å². The van der Waals surface area contributed by atoms with Crippen molar-refractivity contribution in [2.75, 3.05) is 42.7 Å². The van der Waals surface area contributed by atoms with E-state index < -0.39 is 0 Å². The van der Waals surface area contributed by atoms with Gasteiger partial charge >= 0.3 is 0 Å². The molecule has 0 saturated heterocycles. The van der Waals surface area contributed by atoms with Crippen molar-refractivity contribution in [2.45, 2.75) is 160 Å². The van der Waals surface area contributed by atoms with Gasteiger partial charge in [-0.1, -0.05) is 466 Å². The van der Waals surface area contributed by atoms with Crippen LogP contribution < -0.4 is 0 Å². The van der Waals surface area contributed by atoms with Gasteiger partial charge in [0.15, 0.2) is 17.3 Å². The number of fused-ring (bicyclic) bond motifs is 3. The summed E-state index contributed by atoms with van der Waals surface area (Å²) < 4.78 is 0. The number of carbonyl (C=O) groups is 3. The fraction of sp³-hybridized carbons (Fsp3) is 0.270. The number of carbonyl (C=O) groups excluding carboxylic acids is 3. The van der Waals surface area contributed by atoms with Gasteiger partial charge in [0.25, 0.3) is 0 Å². The molecule has 642 valence electrons. The van der Waals surface area contributed by atoms with Crippen LogP contribution in [0.15, 0.2) is 364 Å². The molecule has 0 spiro atoms. The third-order valence-corrected chi connectivity index (χ3v) is 17.1. The molecule has 0 fully saturated rings. The Morgan fingerprint density at radius 3 is 0.408 bits per heavy atom. The molecule has 0 atom stereocenters. The van der Waals surface area contributed by atoms with Gasteiger partial charge in [-0.3, -0.25) is 14.4 Å². The van der Waals surface area contributed by atoms with E-state index in [1.54, 1.807) is 0 Å². The van der Waals surface area contributed by atoms with Crippen LogP contribution >= 0.6 is 0 Å². The lowest BCUT2D eigenvalue weighted by molar-refractivity contribution is 0.0913. The Balaban J connectivity index is -0.00000125. The summed E-state index contributed by atoms with van der Waals surface area (Å²) in [5, 5.41) is 56.8. The second kappa shape index (κ2) is 69.6. The number of rotatable bonds is 0. The average molecular weight is 1620 g/mol. The molecule has 6 N–H and O–H groups in total. The van der Waals surface area contributed by atoms with E-state index in [2.05, 4.69) is 242 Å². The van der Waals surface area contributed by atoms with Crippen LogP contribution in [0.1, 0.15) is 192 Å². The molecule has 0 saturated carbocycles. The van der Waals surface area contributed by atoms with Crippen molar-refractivity contribution >= 4 is 82.0 Å². The predicted molar refractivity (Wildman–Crippen MR) is 526 cm³/mol. The molecule has 15 aromatic carbocycles. The minimum absolute atomic E-state index is 0.245. The van der Waals surface area contributed by atoms with E-state index in [0.29, 0.717) is 0 Å². The third-order valence-electron chi connectivity index (χ3n) is 17.1. The topological polar surface area (TPSA) is 173 Å². The van der Waals surface area contributed by atoms with Gasteiger partial charge in [0.2, 0.25) is 0 Å². The molecule has 18 rings (SSSR count). The molecule has 9 nitrogen and oxygen atoms in total. The second-order valence-electron chi connectivity index (χ2n) is 26.6. The molecule has 15 aromatic rings. The quantitative estimate of drug-likeness (QED) is 0.0864. The minimum atomic E-state index is -0.358. The van der Waals surface area contributed by atoms with Gasteiger partial charge in [-0.2, -0.15) is 0 Å². The highest BCUT2D eigenvalue weighted by molar-refractivity contribution is 6.21. The molecule has 3 aliphatic carbocycles. The molecule has 0 bridgehead atoms. The zero-order valence-electron chi connectivity index (χ0n) is 76.7. The predicted octanol–water partition coefficient (Wildman–Crippen LogP) is 28.5. The van der Waals surface area contributed by atoms with Crippen LogP contribution in [-0.4, -0.2) is 90.6 Å². The first-order chi connectivity index (χ1) is 58.5. The maximum atomic E-state index is 12.2. The molecular formula is C111H144O9. The molecule has 0 radical (unpaired) electrons.